The third kappa shape index (κ3) is 4.82. The zero-order valence-electron chi connectivity index (χ0n) is 19.6. The fraction of sp³-hybridized carbons (Fsp3) is 0.407. The van der Waals surface area contributed by atoms with Crippen molar-refractivity contribution >= 4 is 28.2 Å². The highest BCUT2D eigenvalue weighted by atomic mass is 32.1. The molecule has 4 heterocycles. The lowest BCUT2D eigenvalue weighted by atomic mass is 10.0. The molecule has 5 nitrogen and oxygen atoms in total. The maximum atomic E-state index is 5.15. The Bertz CT molecular complexity index is 1200. The summed E-state index contributed by atoms with van der Waals surface area (Å²) in [6, 6.07) is 15.5. The number of benzene rings is 1. The number of fused-ring (bicyclic) bond motifs is 2. The van der Waals surface area contributed by atoms with Gasteiger partial charge in [-0.25, -0.2) is 4.98 Å². The van der Waals surface area contributed by atoms with Crippen LogP contribution in [0.4, 0.5) is 5.00 Å². The van der Waals surface area contributed by atoms with Crippen LogP contribution in [-0.4, -0.2) is 52.5 Å². The lowest BCUT2D eigenvalue weighted by Crippen LogP contribution is -2.52. The van der Waals surface area contributed by atoms with Gasteiger partial charge in [-0.3, -0.25) is 9.88 Å². The monoisotopic (exact) mass is 459 g/mol. The van der Waals surface area contributed by atoms with Gasteiger partial charge in [0, 0.05) is 43.3 Å². The van der Waals surface area contributed by atoms with Crippen molar-refractivity contribution in [2.45, 2.75) is 45.1 Å². The predicted octanol–water partition coefficient (Wildman–Crippen LogP) is 3.45. The number of aryl methyl sites for hydroxylation is 2. The summed E-state index contributed by atoms with van der Waals surface area (Å²) in [5.41, 5.74) is 3.68. The molecule has 2 aliphatic rings. The highest BCUT2D eigenvalue weighted by molar-refractivity contribution is 7.16. The van der Waals surface area contributed by atoms with Crippen molar-refractivity contribution in [1.29, 1.82) is 0 Å². The van der Waals surface area contributed by atoms with Crippen LogP contribution in [0.25, 0.3) is 11.9 Å². The molecule has 1 aromatic carbocycles. The minimum atomic E-state index is 0.500. The summed E-state index contributed by atoms with van der Waals surface area (Å²) in [6.45, 7) is 5.27. The summed E-state index contributed by atoms with van der Waals surface area (Å²) in [4.78, 5) is 15.1. The van der Waals surface area contributed by atoms with Crippen molar-refractivity contribution in [3.8, 4) is 0 Å². The Kier molecular flexibility index (Phi) is 6.74. The van der Waals surface area contributed by atoms with E-state index >= 15 is 0 Å². The van der Waals surface area contributed by atoms with Gasteiger partial charge < -0.3 is 10.2 Å². The van der Waals surface area contributed by atoms with E-state index in [2.05, 4.69) is 71.7 Å². The fourth-order valence-electron chi connectivity index (χ4n) is 4.78. The summed E-state index contributed by atoms with van der Waals surface area (Å²) < 4.78 is 0. The van der Waals surface area contributed by atoms with Crippen LogP contribution in [0, 0.1) is 0 Å². The van der Waals surface area contributed by atoms with Crippen LogP contribution in [0.3, 0.4) is 0 Å². The highest BCUT2D eigenvalue weighted by Crippen LogP contribution is 2.33. The molecule has 3 aromatic rings. The lowest BCUT2D eigenvalue weighted by molar-refractivity contribution is 0.127. The first-order chi connectivity index (χ1) is 16.2. The molecule has 1 atom stereocenters. The van der Waals surface area contributed by atoms with E-state index in [1.165, 1.54) is 29.1 Å². The first-order valence-electron chi connectivity index (χ1n) is 12.1. The van der Waals surface area contributed by atoms with Crippen LogP contribution < -0.4 is 15.9 Å². The molecule has 1 saturated heterocycles. The lowest BCUT2D eigenvalue weighted by Gasteiger charge is -2.41. The van der Waals surface area contributed by atoms with E-state index < -0.39 is 0 Å². The molecule has 5 rings (SSSR count). The Balaban J connectivity index is 1.48. The van der Waals surface area contributed by atoms with E-state index in [0.29, 0.717) is 6.04 Å². The molecule has 1 N–H and O–H groups in total. The number of thiazole rings is 1. The SMILES string of the molecule is CCCCc1nc2c(s1)NC=c1cccnc1=C2N1CCN(C)C(CCc2ccccc2)C1. The number of hydrogen-bond donors (Lipinski definition) is 1. The summed E-state index contributed by atoms with van der Waals surface area (Å²) in [6.07, 6.45) is 9.66. The minimum Gasteiger partial charge on any atom is -0.365 e. The van der Waals surface area contributed by atoms with Crippen LogP contribution in [0.1, 0.15) is 42.5 Å². The van der Waals surface area contributed by atoms with Gasteiger partial charge in [-0.1, -0.05) is 43.7 Å². The van der Waals surface area contributed by atoms with Gasteiger partial charge in [0.1, 0.15) is 10.7 Å². The largest absolute Gasteiger partial charge is 0.365 e. The van der Waals surface area contributed by atoms with Gasteiger partial charge in [0.2, 0.25) is 0 Å². The number of hydrogen-bond acceptors (Lipinski definition) is 6. The molecule has 0 radical (unpaired) electrons. The van der Waals surface area contributed by atoms with Crippen LogP contribution in [0.15, 0.2) is 48.7 Å². The molecule has 0 spiro atoms. The molecule has 33 heavy (non-hydrogen) atoms. The van der Waals surface area contributed by atoms with Crippen LogP contribution in [0.2, 0.25) is 0 Å². The number of aromatic nitrogens is 2. The van der Waals surface area contributed by atoms with Gasteiger partial charge in [-0.2, -0.15) is 0 Å². The van der Waals surface area contributed by atoms with Crippen LogP contribution in [-0.2, 0) is 12.8 Å². The molecule has 2 aliphatic heterocycles. The third-order valence-electron chi connectivity index (χ3n) is 6.76. The molecule has 0 amide bonds. The standard InChI is InChI=1S/C27H33N5S/c1-3-4-12-23-30-25-26(24-21(11-8-15-28-24)18-29-27(25)33-23)32-17-16-31(2)22(19-32)14-13-20-9-6-5-7-10-20/h5-11,15,18,22,29H,3-4,12-14,16-17,19H2,1-2H3. The topological polar surface area (TPSA) is 44.3 Å². The Hall–Kier alpha value is -2.70. The number of likely N-dealkylation sites (N-methyl/N-ethyl adjacent to an activating group) is 1. The van der Waals surface area contributed by atoms with Crippen LogP contribution in [0.5, 0.6) is 0 Å². The molecule has 0 bridgehead atoms. The van der Waals surface area contributed by atoms with Gasteiger partial charge in [-0.15, -0.1) is 11.3 Å². The molecular weight excluding hydrogens is 426 g/mol. The average Bonchev–Trinajstić information content (AvgIpc) is 3.18. The summed E-state index contributed by atoms with van der Waals surface area (Å²) in [5, 5.41) is 8.09. The van der Waals surface area contributed by atoms with Gasteiger partial charge in [-0.05, 0) is 50.4 Å². The Morgan fingerprint density at radius 1 is 1.09 bits per heavy atom. The predicted molar refractivity (Wildman–Crippen MR) is 138 cm³/mol. The Morgan fingerprint density at radius 2 is 1.97 bits per heavy atom. The second-order valence-electron chi connectivity index (χ2n) is 9.07. The fourth-order valence-corrected chi connectivity index (χ4v) is 5.76. The van der Waals surface area contributed by atoms with E-state index in [-0.39, 0.29) is 0 Å². The molecule has 0 saturated carbocycles. The zero-order chi connectivity index (χ0) is 22.6. The Labute approximate surface area is 200 Å². The molecule has 6 heteroatoms. The number of unbranched alkanes of at least 4 members (excludes halogenated alkanes) is 1. The summed E-state index contributed by atoms with van der Waals surface area (Å²) >= 11 is 1.80. The summed E-state index contributed by atoms with van der Waals surface area (Å²) in [7, 11) is 2.27. The molecule has 1 fully saturated rings. The van der Waals surface area contributed by atoms with Crippen molar-refractivity contribution in [2.75, 3.05) is 32.0 Å². The van der Waals surface area contributed by atoms with E-state index in [1.807, 2.05) is 12.3 Å². The first-order valence-corrected chi connectivity index (χ1v) is 13.0. The van der Waals surface area contributed by atoms with Gasteiger partial charge in [0.05, 0.1) is 16.1 Å². The number of rotatable bonds is 7. The number of nitrogens with zero attached hydrogens (tertiary/aromatic N) is 4. The molecule has 2 aromatic heterocycles. The molecule has 1 unspecified atom stereocenters. The molecule has 172 valence electrons. The van der Waals surface area contributed by atoms with Gasteiger partial charge in [0.15, 0.2) is 0 Å². The Morgan fingerprint density at radius 3 is 2.82 bits per heavy atom. The maximum absolute atomic E-state index is 5.15. The second-order valence-corrected chi connectivity index (χ2v) is 10.2. The molecular formula is C27H33N5S. The number of nitrogens with one attached hydrogen (secondary N) is 1. The first kappa shape index (κ1) is 22.1. The molecule has 0 aliphatic carbocycles. The van der Waals surface area contributed by atoms with Crippen molar-refractivity contribution < 1.29 is 0 Å². The van der Waals surface area contributed by atoms with Gasteiger partial charge >= 0.3 is 0 Å². The van der Waals surface area contributed by atoms with E-state index in [1.54, 1.807) is 11.3 Å². The average molecular weight is 460 g/mol. The van der Waals surface area contributed by atoms with Crippen LogP contribution >= 0.6 is 11.3 Å². The van der Waals surface area contributed by atoms with Crippen molar-refractivity contribution in [3.63, 3.8) is 0 Å². The zero-order valence-corrected chi connectivity index (χ0v) is 20.4. The van der Waals surface area contributed by atoms with Crippen molar-refractivity contribution in [1.82, 2.24) is 19.8 Å². The minimum absolute atomic E-state index is 0.500. The van der Waals surface area contributed by atoms with E-state index in [0.717, 1.165) is 60.2 Å². The number of piperazine rings is 1. The van der Waals surface area contributed by atoms with Gasteiger partial charge in [0.25, 0.3) is 0 Å². The quantitative estimate of drug-likeness (QED) is 0.586. The van der Waals surface area contributed by atoms with E-state index in [9.17, 15) is 0 Å². The maximum Gasteiger partial charge on any atom is 0.124 e. The number of pyridine rings is 1. The smallest absolute Gasteiger partial charge is 0.124 e. The number of anilines is 1. The van der Waals surface area contributed by atoms with E-state index in [4.69, 9.17) is 9.97 Å². The third-order valence-corrected chi connectivity index (χ3v) is 7.81. The van der Waals surface area contributed by atoms with Crippen molar-refractivity contribution in [3.05, 3.63) is 75.5 Å². The normalized spacial score (nSPS) is 18.2. The highest BCUT2D eigenvalue weighted by Gasteiger charge is 2.30. The second kappa shape index (κ2) is 10.1. The van der Waals surface area contributed by atoms with Crippen molar-refractivity contribution in [2.24, 2.45) is 0 Å². The summed E-state index contributed by atoms with van der Waals surface area (Å²) in [5.74, 6) is 0.